The molecule has 1 aliphatic rings. The largest absolute Gasteiger partial charge is 0.497 e. The van der Waals surface area contributed by atoms with Crippen molar-refractivity contribution in [3.05, 3.63) is 29.8 Å². The maximum atomic E-state index is 12.5. The quantitative estimate of drug-likeness (QED) is 0.556. The molecule has 0 radical (unpaired) electrons. The summed E-state index contributed by atoms with van der Waals surface area (Å²) in [6.07, 6.45) is 0. The summed E-state index contributed by atoms with van der Waals surface area (Å²) in [5, 5.41) is 6.34. The van der Waals surface area contributed by atoms with Gasteiger partial charge in [-0.2, -0.15) is 5.01 Å². The monoisotopic (exact) mass is 308 g/mol. The van der Waals surface area contributed by atoms with Crippen LogP contribution >= 0.6 is 12.2 Å². The van der Waals surface area contributed by atoms with Gasteiger partial charge in [-0.15, -0.1) is 0 Å². The number of thiocarbonyl (C=S) groups is 1. The number of methoxy groups -OCH3 is 1. The fourth-order valence-electron chi connectivity index (χ4n) is 2.03. The Bertz CT molecular complexity index is 607. The minimum absolute atomic E-state index is 0.174. The van der Waals surface area contributed by atoms with Gasteiger partial charge in [-0.25, -0.2) is 4.79 Å². The highest BCUT2D eigenvalue weighted by Gasteiger charge is 2.49. The van der Waals surface area contributed by atoms with Crippen molar-refractivity contribution >= 4 is 29.3 Å². The molecule has 1 heterocycles. The van der Waals surface area contributed by atoms with Crippen LogP contribution in [0.15, 0.2) is 24.3 Å². The molecule has 0 unspecified atom stereocenters. The van der Waals surface area contributed by atoms with Crippen LogP contribution in [0.25, 0.3) is 0 Å². The predicted molar refractivity (Wildman–Crippen MR) is 80.5 cm³/mol. The molecule has 0 saturated carbocycles. The van der Waals surface area contributed by atoms with Crippen molar-refractivity contribution in [1.82, 2.24) is 21.1 Å². The van der Waals surface area contributed by atoms with Crippen LogP contribution in [0.2, 0.25) is 0 Å². The number of nitrogens with zero attached hydrogens (tertiary/aromatic N) is 1. The minimum atomic E-state index is -1.18. The Morgan fingerprint density at radius 2 is 2.14 bits per heavy atom. The number of benzene rings is 1. The maximum Gasteiger partial charge on any atom is 0.344 e. The van der Waals surface area contributed by atoms with E-state index in [0.717, 1.165) is 5.01 Å². The van der Waals surface area contributed by atoms with Gasteiger partial charge in [-0.3, -0.25) is 10.2 Å². The molecule has 1 saturated heterocycles. The van der Waals surface area contributed by atoms with Gasteiger partial charge in [0, 0.05) is 7.05 Å². The number of nitrogens with one attached hydrogen (secondary N) is 3. The van der Waals surface area contributed by atoms with Gasteiger partial charge >= 0.3 is 6.03 Å². The van der Waals surface area contributed by atoms with Crippen LogP contribution in [0.5, 0.6) is 5.75 Å². The Morgan fingerprint density at radius 1 is 1.43 bits per heavy atom. The molecule has 7 nitrogen and oxygen atoms in total. The number of carbonyl (C=O) groups is 2. The molecule has 1 aliphatic heterocycles. The van der Waals surface area contributed by atoms with E-state index in [4.69, 9.17) is 17.0 Å². The summed E-state index contributed by atoms with van der Waals surface area (Å²) in [6.45, 7) is 1.63. The molecule has 0 bridgehead atoms. The van der Waals surface area contributed by atoms with Crippen LogP contribution in [-0.4, -0.2) is 36.2 Å². The molecule has 3 N–H and O–H groups in total. The Morgan fingerprint density at radius 3 is 2.76 bits per heavy atom. The molecule has 0 aromatic heterocycles. The topological polar surface area (TPSA) is 82.7 Å². The molecule has 1 aromatic carbocycles. The SMILES string of the molecule is CNC(=S)NN1C(=O)N[C@](C)(c2cccc(OC)c2)C1=O. The summed E-state index contributed by atoms with van der Waals surface area (Å²) in [6, 6.07) is 6.41. The van der Waals surface area contributed by atoms with Gasteiger partial charge in [0.05, 0.1) is 7.11 Å². The molecule has 8 heteroatoms. The first-order chi connectivity index (χ1) is 9.92. The van der Waals surface area contributed by atoms with Gasteiger partial charge in [0.25, 0.3) is 5.91 Å². The Kier molecular flexibility index (Phi) is 3.99. The van der Waals surface area contributed by atoms with Crippen molar-refractivity contribution in [2.45, 2.75) is 12.5 Å². The summed E-state index contributed by atoms with van der Waals surface area (Å²) in [4.78, 5) is 24.5. The number of hydrogen-bond acceptors (Lipinski definition) is 4. The third kappa shape index (κ3) is 2.62. The van der Waals surface area contributed by atoms with E-state index in [0.29, 0.717) is 11.3 Å². The lowest BCUT2D eigenvalue weighted by atomic mass is 9.92. The van der Waals surface area contributed by atoms with Gasteiger partial charge < -0.3 is 15.4 Å². The normalized spacial score (nSPS) is 21.0. The Hall–Kier alpha value is -2.35. The van der Waals surface area contributed by atoms with Crippen molar-refractivity contribution < 1.29 is 14.3 Å². The third-order valence-corrected chi connectivity index (χ3v) is 3.57. The van der Waals surface area contributed by atoms with Gasteiger partial charge in [0.2, 0.25) is 0 Å². The maximum absolute atomic E-state index is 12.5. The van der Waals surface area contributed by atoms with E-state index >= 15 is 0 Å². The molecule has 112 valence electrons. The number of ether oxygens (including phenoxy) is 1. The molecule has 1 fully saturated rings. The van der Waals surface area contributed by atoms with Crippen molar-refractivity contribution in [3.8, 4) is 5.75 Å². The standard InChI is InChI=1S/C13H16N4O3S/c1-13(8-5-4-6-9(7-8)20-3)10(18)17(12(19)15-13)16-11(21)14-2/h4-7H,1-3H3,(H,15,19)(H2,14,16,21)/t13-/m1/s1. The van der Waals surface area contributed by atoms with E-state index in [2.05, 4.69) is 16.1 Å². The second kappa shape index (κ2) is 5.57. The van der Waals surface area contributed by atoms with Crippen molar-refractivity contribution in [1.29, 1.82) is 0 Å². The van der Waals surface area contributed by atoms with Crippen LogP contribution < -0.4 is 20.8 Å². The zero-order valence-electron chi connectivity index (χ0n) is 11.9. The van der Waals surface area contributed by atoms with Gasteiger partial charge in [-0.1, -0.05) is 12.1 Å². The van der Waals surface area contributed by atoms with E-state index in [1.807, 2.05) is 0 Å². The highest BCUT2D eigenvalue weighted by Crippen LogP contribution is 2.30. The first-order valence-corrected chi connectivity index (χ1v) is 6.63. The molecule has 0 spiro atoms. The predicted octanol–water partition coefficient (Wildman–Crippen LogP) is 0.471. The van der Waals surface area contributed by atoms with E-state index in [1.54, 1.807) is 38.2 Å². The molecule has 1 atom stereocenters. The summed E-state index contributed by atoms with van der Waals surface area (Å²) in [7, 11) is 3.13. The number of amides is 3. The van der Waals surface area contributed by atoms with Crippen LogP contribution in [0.1, 0.15) is 12.5 Å². The average Bonchev–Trinajstić information content (AvgIpc) is 2.71. The molecule has 2 rings (SSSR count). The highest BCUT2D eigenvalue weighted by molar-refractivity contribution is 7.80. The zero-order valence-corrected chi connectivity index (χ0v) is 12.7. The molecular formula is C13H16N4O3S. The van der Waals surface area contributed by atoms with Gasteiger partial charge in [0.15, 0.2) is 5.11 Å². The second-order valence-electron chi connectivity index (χ2n) is 4.62. The lowest BCUT2D eigenvalue weighted by Gasteiger charge is -2.22. The number of rotatable bonds is 3. The molecule has 0 aliphatic carbocycles. The first kappa shape index (κ1) is 15.0. The number of carbonyl (C=O) groups excluding carboxylic acids is 2. The molecule has 21 heavy (non-hydrogen) atoms. The fraction of sp³-hybridized carbons (Fsp3) is 0.308. The zero-order chi connectivity index (χ0) is 15.6. The number of urea groups is 1. The lowest BCUT2D eigenvalue weighted by Crippen LogP contribution is -2.50. The van der Waals surface area contributed by atoms with E-state index in [9.17, 15) is 9.59 Å². The van der Waals surface area contributed by atoms with Crippen LogP contribution in [0.3, 0.4) is 0 Å². The Labute approximate surface area is 127 Å². The summed E-state index contributed by atoms with van der Waals surface area (Å²) >= 11 is 4.91. The number of hydrazine groups is 1. The smallest absolute Gasteiger partial charge is 0.344 e. The van der Waals surface area contributed by atoms with Crippen molar-refractivity contribution in [2.24, 2.45) is 0 Å². The molecular weight excluding hydrogens is 292 g/mol. The highest BCUT2D eigenvalue weighted by atomic mass is 32.1. The summed E-state index contributed by atoms with van der Waals surface area (Å²) in [5.74, 6) is 0.159. The van der Waals surface area contributed by atoms with Crippen LogP contribution in [-0.2, 0) is 10.3 Å². The molecule has 3 amide bonds. The summed E-state index contributed by atoms with van der Waals surface area (Å²) in [5.41, 5.74) is 1.99. The molecule has 1 aromatic rings. The number of hydrogen-bond donors (Lipinski definition) is 3. The second-order valence-corrected chi connectivity index (χ2v) is 5.03. The first-order valence-electron chi connectivity index (χ1n) is 6.22. The summed E-state index contributed by atoms with van der Waals surface area (Å²) < 4.78 is 5.15. The van der Waals surface area contributed by atoms with Crippen molar-refractivity contribution in [2.75, 3.05) is 14.2 Å². The van der Waals surface area contributed by atoms with Crippen molar-refractivity contribution in [3.63, 3.8) is 0 Å². The Balaban J connectivity index is 2.33. The lowest BCUT2D eigenvalue weighted by molar-refractivity contribution is -0.132. The number of imide groups is 1. The van der Waals surface area contributed by atoms with E-state index in [1.165, 1.54) is 7.11 Å². The van der Waals surface area contributed by atoms with Gasteiger partial charge in [0.1, 0.15) is 11.3 Å². The third-order valence-electron chi connectivity index (χ3n) is 3.28. The minimum Gasteiger partial charge on any atom is -0.497 e. The fourth-order valence-corrected chi connectivity index (χ4v) is 2.12. The van der Waals surface area contributed by atoms with E-state index < -0.39 is 17.5 Å². The van der Waals surface area contributed by atoms with E-state index in [-0.39, 0.29) is 5.11 Å². The average molecular weight is 308 g/mol. The van der Waals surface area contributed by atoms with Crippen LogP contribution in [0, 0.1) is 0 Å². The van der Waals surface area contributed by atoms with Gasteiger partial charge in [-0.05, 0) is 36.8 Å². The van der Waals surface area contributed by atoms with Crippen LogP contribution in [0.4, 0.5) is 4.79 Å².